The van der Waals surface area contributed by atoms with Crippen molar-refractivity contribution in [2.75, 3.05) is 31.3 Å². The molecule has 0 radical (unpaired) electrons. The molecule has 0 amide bonds. The maximum Gasteiger partial charge on any atom is 0.242 e. The molecule has 3 N–H and O–H groups in total. The molecular formula is C13H23N3O2S. The van der Waals surface area contributed by atoms with Gasteiger partial charge in [-0.1, -0.05) is 19.8 Å². The van der Waals surface area contributed by atoms with Crippen LogP contribution in [-0.4, -0.2) is 29.1 Å². The summed E-state index contributed by atoms with van der Waals surface area (Å²) in [5.74, 6) is 0. The average molecular weight is 285 g/mol. The molecule has 0 aliphatic rings. The SMILES string of the molecule is CCCCCN(C)c1ccc(N)cc1S(=O)(=O)NC. The van der Waals surface area contributed by atoms with Crippen LogP contribution in [0.3, 0.4) is 0 Å². The number of anilines is 2. The molecule has 0 spiro atoms. The van der Waals surface area contributed by atoms with Crippen molar-refractivity contribution >= 4 is 21.4 Å². The van der Waals surface area contributed by atoms with Crippen molar-refractivity contribution in [3.05, 3.63) is 18.2 Å². The first-order valence-electron chi connectivity index (χ1n) is 6.46. The van der Waals surface area contributed by atoms with Crippen LogP contribution in [0.25, 0.3) is 0 Å². The van der Waals surface area contributed by atoms with E-state index < -0.39 is 10.0 Å². The van der Waals surface area contributed by atoms with E-state index in [1.165, 1.54) is 13.1 Å². The molecule has 0 atom stereocenters. The summed E-state index contributed by atoms with van der Waals surface area (Å²) in [5, 5.41) is 0. The van der Waals surface area contributed by atoms with E-state index in [4.69, 9.17) is 5.73 Å². The second kappa shape index (κ2) is 6.77. The van der Waals surface area contributed by atoms with E-state index in [0.717, 1.165) is 25.8 Å². The molecule has 1 aromatic carbocycles. The Hall–Kier alpha value is -1.27. The number of nitrogen functional groups attached to an aromatic ring is 1. The molecule has 1 rings (SSSR count). The van der Waals surface area contributed by atoms with Gasteiger partial charge in [0.1, 0.15) is 4.90 Å². The molecule has 108 valence electrons. The number of nitrogens with zero attached hydrogens (tertiary/aromatic N) is 1. The number of benzene rings is 1. The summed E-state index contributed by atoms with van der Waals surface area (Å²) in [6, 6.07) is 4.98. The maximum atomic E-state index is 12.0. The second-order valence-electron chi connectivity index (χ2n) is 4.56. The molecule has 5 nitrogen and oxygen atoms in total. The molecule has 0 bridgehead atoms. The third-order valence-electron chi connectivity index (χ3n) is 3.05. The second-order valence-corrected chi connectivity index (χ2v) is 6.42. The molecule has 0 fully saturated rings. The van der Waals surface area contributed by atoms with Crippen LogP contribution >= 0.6 is 0 Å². The minimum atomic E-state index is -3.50. The standard InChI is InChI=1S/C13H23N3O2S/c1-4-5-6-9-16(3)12-8-7-11(14)10-13(12)19(17,18)15-2/h7-8,10,15H,4-6,9,14H2,1-3H3. The number of nitrogens with one attached hydrogen (secondary N) is 1. The van der Waals surface area contributed by atoms with Gasteiger partial charge in [-0.15, -0.1) is 0 Å². The zero-order valence-electron chi connectivity index (χ0n) is 11.8. The molecule has 0 aromatic heterocycles. The Morgan fingerprint density at radius 1 is 1.32 bits per heavy atom. The van der Waals surface area contributed by atoms with Crippen molar-refractivity contribution in [2.24, 2.45) is 0 Å². The highest BCUT2D eigenvalue weighted by Gasteiger charge is 2.19. The Bertz CT molecular complexity index is 515. The number of nitrogens with two attached hydrogens (primary N) is 1. The van der Waals surface area contributed by atoms with E-state index in [0.29, 0.717) is 11.4 Å². The van der Waals surface area contributed by atoms with E-state index in [9.17, 15) is 8.42 Å². The van der Waals surface area contributed by atoms with Crippen molar-refractivity contribution in [2.45, 2.75) is 31.1 Å². The van der Waals surface area contributed by atoms with Gasteiger partial charge in [-0.3, -0.25) is 0 Å². The van der Waals surface area contributed by atoms with Gasteiger partial charge >= 0.3 is 0 Å². The van der Waals surface area contributed by atoms with Crippen molar-refractivity contribution in [3.63, 3.8) is 0 Å². The largest absolute Gasteiger partial charge is 0.399 e. The summed E-state index contributed by atoms with van der Waals surface area (Å²) in [4.78, 5) is 2.19. The van der Waals surface area contributed by atoms with Crippen LogP contribution in [0, 0.1) is 0 Å². The van der Waals surface area contributed by atoms with Crippen LogP contribution in [0.15, 0.2) is 23.1 Å². The van der Waals surface area contributed by atoms with Gasteiger partial charge in [-0.2, -0.15) is 0 Å². The van der Waals surface area contributed by atoms with Crippen molar-refractivity contribution in [1.29, 1.82) is 0 Å². The van der Waals surface area contributed by atoms with E-state index in [2.05, 4.69) is 11.6 Å². The molecule has 0 unspecified atom stereocenters. The predicted molar refractivity (Wildman–Crippen MR) is 79.9 cm³/mol. The van der Waals surface area contributed by atoms with Gasteiger partial charge in [0.05, 0.1) is 5.69 Å². The van der Waals surface area contributed by atoms with E-state index in [1.54, 1.807) is 12.1 Å². The molecule has 0 aliphatic heterocycles. The summed E-state index contributed by atoms with van der Waals surface area (Å²) in [7, 11) is -0.198. The quantitative estimate of drug-likeness (QED) is 0.592. The highest BCUT2D eigenvalue weighted by Crippen LogP contribution is 2.26. The van der Waals surface area contributed by atoms with Crippen molar-refractivity contribution in [3.8, 4) is 0 Å². The van der Waals surface area contributed by atoms with Gasteiger partial charge in [0.2, 0.25) is 10.0 Å². The Balaban J connectivity index is 3.07. The smallest absolute Gasteiger partial charge is 0.242 e. The van der Waals surface area contributed by atoms with Crippen LogP contribution in [0.5, 0.6) is 0 Å². The minimum absolute atomic E-state index is 0.231. The van der Waals surface area contributed by atoms with Crippen LogP contribution in [0.2, 0.25) is 0 Å². The fraction of sp³-hybridized carbons (Fsp3) is 0.538. The van der Waals surface area contributed by atoms with Crippen molar-refractivity contribution < 1.29 is 8.42 Å². The van der Waals surface area contributed by atoms with E-state index >= 15 is 0 Å². The normalized spacial score (nSPS) is 11.5. The summed E-state index contributed by atoms with van der Waals surface area (Å²) in [6.45, 7) is 2.96. The topological polar surface area (TPSA) is 75.4 Å². The number of unbranched alkanes of at least 4 members (excludes halogenated alkanes) is 2. The number of hydrogen-bond acceptors (Lipinski definition) is 4. The predicted octanol–water partition coefficient (Wildman–Crippen LogP) is 1.80. The Morgan fingerprint density at radius 2 is 2.00 bits per heavy atom. The monoisotopic (exact) mass is 285 g/mol. The molecule has 0 aliphatic carbocycles. The lowest BCUT2D eigenvalue weighted by Gasteiger charge is -2.22. The Kier molecular flexibility index (Phi) is 5.62. The Morgan fingerprint density at radius 3 is 2.58 bits per heavy atom. The van der Waals surface area contributed by atoms with Gasteiger partial charge < -0.3 is 10.6 Å². The fourth-order valence-electron chi connectivity index (χ4n) is 1.89. The molecule has 6 heteroatoms. The number of hydrogen-bond donors (Lipinski definition) is 2. The molecular weight excluding hydrogens is 262 g/mol. The van der Waals surface area contributed by atoms with Gasteiger partial charge in [0.15, 0.2) is 0 Å². The molecule has 0 saturated heterocycles. The Labute approximate surface area is 115 Å². The maximum absolute atomic E-state index is 12.0. The molecule has 0 heterocycles. The third-order valence-corrected chi connectivity index (χ3v) is 4.49. The zero-order chi connectivity index (χ0) is 14.5. The van der Waals surface area contributed by atoms with E-state index in [-0.39, 0.29) is 4.90 Å². The lowest BCUT2D eigenvalue weighted by atomic mass is 10.2. The number of rotatable bonds is 7. The van der Waals surface area contributed by atoms with Crippen LogP contribution in [0.4, 0.5) is 11.4 Å². The van der Waals surface area contributed by atoms with E-state index in [1.807, 2.05) is 11.9 Å². The first-order valence-corrected chi connectivity index (χ1v) is 7.95. The molecule has 1 aromatic rings. The number of sulfonamides is 1. The van der Waals surface area contributed by atoms with Crippen LogP contribution in [-0.2, 0) is 10.0 Å². The summed E-state index contributed by atoms with van der Waals surface area (Å²) in [6.07, 6.45) is 3.31. The zero-order valence-corrected chi connectivity index (χ0v) is 12.6. The summed E-state index contributed by atoms with van der Waals surface area (Å²) < 4.78 is 26.4. The minimum Gasteiger partial charge on any atom is -0.399 e. The summed E-state index contributed by atoms with van der Waals surface area (Å²) >= 11 is 0. The molecule has 0 saturated carbocycles. The third kappa shape index (κ3) is 4.11. The van der Waals surface area contributed by atoms with Gasteiger partial charge in [0, 0.05) is 19.3 Å². The summed E-state index contributed by atoms with van der Waals surface area (Å²) in [5.41, 5.74) is 6.81. The highest BCUT2D eigenvalue weighted by atomic mass is 32.2. The van der Waals surface area contributed by atoms with Gasteiger partial charge in [-0.25, -0.2) is 13.1 Å². The van der Waals surface area contributed by atoms with Crippen LogP contribution < -0.4 is 15.4 Å². The average Bonchev–Trinajstić information content (AvgIpc) is 2.38. The molecule has 19 heavy (non-hydrogen) atoms. The van der Waals surface area contributed by atoms with Gasteiger partial charge in [-0.05, 0) is 31.7 Å². The van der Waals surface area contributed by atoms with Crippen molar-refractivity contribution in [1.82, 2.24) is 4.72 Å². The van der Waals surface area contributed by atoms with Crippen LogP contribution in [0.1, 0.15) is 26.2 Å². The highest BCUT2D eigenvalue weighted by molar-refractivity contribution is 7.89. The first-order chi connectivity index (χ1) is 8.92. The first kappa shape index (κ1) is 15.8. The fourth-order valence-corrected chi connectivity index (χ4v) is 2.90. The lowest BCUT2D eigenvalue weighted by Crippen LogP contribution is -2.25. The van der Waals surface area contributed by atoms with Gasteiger partial charge in [0.25, 0.3) is 0 Å². The lowest BCUT2D eigenvalue weighted by molar-refractivity contribution is 0.588.